The van der Waals surface area contributed by atoms with Crippen LogP contribution in [-0.4, -0.2) is 23.1 Å². The minimum atomic E-state index is 0.621. The van der Waals surface area contributed by atoms with Gasteiger partial charge in [-0.15, -0.1) is 0 Å². The van der Waals surface area contributed by atoms with E-state index in [1.54, 1.807) is 12.4 Å². The molecular formula is C23H24N4O. The van der Waals surface area contributed by atoms with Gasteiger partial charge in [-0.3, -0.25) is 4.98 Å². The van der Waals surface area contributed by atoms with E-state index in [-0.39, 0.29) is 0 Å². The summed E-state index contributed by atoms with van der Waals surface area (Å²) in [6.45, 7) is 3.45. The molecule has 4 rings (SSSR count). The molecule has 0 bridgehead atoms. The minimum Gasteiger partial charge on any atom is -0.492 e. The second-order valence-corrected chi connectivity index (χ2v) is 6.54. The number of hydrogen-bond acceptors (Lipinski definition) is 4. The summed E-state index contributed by atoms with van der Waals surface area (Å²) < 4.78 is 5.85. The molecule has 0 aliphatic carbocycles. The molecule has 3 N–H and O–H groups in total. The van der Waals surface area contributed by atoms with Gasteiger partial charge in [0.1, 0.15) is 5.75 Å². The molecule has 5 heteroatoms. The van der Waals surface area contributed by atoms with Gasteiger partial charge < -0.3 is 20.4 Å². The SMILES string of the molecule is CCOc1cc(Nc2ccncc2)ccc1NCCc1c[nH]c2ccccc12. The van der Waals surface area contributed by atoms with Crippen molar-refractivity contribution >= 4 is 28.0 Å². The number of fused-ring (bicyclic) bond motifs is 1. The number of H-pyrrole nitrogens is 1. The number of benzene rings is 2. The number of nitrogens with zero attached hydrogens (tertiary/aromatic N) is 1. The predicted octanol–water partition coefficient (Wildman–Crippen LogP) is 5.36. The van der Waals surface area contributed by atoms with Crippen LogP contribution in [0.25, 0.3) is 10.9 Å². The van der Waals surface area contributed by atoms with Crippen LogP contribution in [0, 0.1) is 0 Å². The van der Waals surface area contributed by atoms with E-state index in [4.69, 9.17) is 4.74 Å². The highest BCUT2D eigenvalue weighted by Crippen LogP contribution is 2.30. The van der Waals surface area contributed by atoms with Crippen molar-refractivity contribution in [2.45, 2.75) is 13.3 Å². The molecule has 0 spiro atoms. The maximum Gasteiger partial charge on any atom is 0.144 e. The Morgan fingerprint density at radius 2 is 1.86 bits per heavy atom. The van der Waals surface area contributed by atoms with E-state index >= 15 is 0 Å². The fourth-order valence-electron chi connectivity index (χ4n) is 3.29. The van der Waals surface area contributed by atoms with Gasteiger partial charge in [0.25, 0.3) is 0 Å². The van der Waals surface area contributed by atoms with Gasteiger partial charge in [-0.1, -0.05) is 18.2 Å². The molecule has 2 aromatic heterocycles. The van der Waals surface area contributed by atoms with Gasteiger partial charge in [-0.2, -0.15) is 0 Å². The molecule has 0 saturated carbocycles. The molecule has 0 aliphatic rings. The summed E-state index contributed by atoms with van der Waals surface area (Å²) in [7, 11) is 0. The average Bonchev–Trinajstić information content (AvgIpc) is 3.14. The summed E-state index contributed by atoms with van der Waals surface area (Å²) >= 11 is 0. The summed E-state index contributed by atoms with van der Waals surface area (Å²) in [6, 6.07) is 18.4. The largest absolute Gasteiger partial charge is 0.492 e. The number of hydrogen-bond donors (Lipinski definition) is 3. The van der Waals surface area contributed by atoms with Crippen molar-refractivity contribution in [3.05, 3.63) is 78.8 Å². The zero-order valence-corrected chi connectivity index (χ0v) is 15.9. The third-order valence-corrected chi connectivity index (χ3v) is 4.64. The normalized spacial score (nSPS) is 10.8. The first kappa shape index (κ1) is 17.9. The first-order chi connectivity index (χ1) is 13.8. The first-order valence-electron chi connectivity index (χ1n) is 9.56. The lowest BCUT2D eigenvalue weighted by molar-refractivity contribution is 0.342. The Hall–Kier alpha value is -3.47. The van der Waals surface area contributed by atoms with Gasteiger partial charge in [0.2, 0.25) is 0 Å². The summed E-state index contributed by atoms with van der Waals surface area (Å²) in [4.78, 5) is 7.38. The van der Waals surface area contributed by atoms with Gasteiger partial charge >= 0.3 is 0 Å². The zero-order valence-electron chi connectivity index (χ0n) is 15.9. The molecule has 5 nitrogen and oxygen atoms in total. The van der Waals surface area contributed by atoms with Crippen LogP contribution in [-0.2, 0) is 6.42 Å². The maximum absolute atomic E-state index is 5.85. The van der Waals surface area contributed by atoms with Crippen molar-refractivity contribution in [2.75, 3.05) is 23.8 Å². The van der Waals surface area contributed by atoms with Gasteiger partial charge in [-0.25, -0.2) is 0 Å². The molecule has 2 aromatic carbocycles. The number of aromatic nitrogens is 2. The number of rotatable bonds is 8. The molecule has 4 aromatic rings. The van der Waals surface area contributed by atoms with Crippen molar-refractivity contribution in [2.24, 2.45) is 0 Å². The van der Waals surface area contributed by atoms with Crippen LogP contribution in [0.15, 0.2) is 73.2 Å². The van der Waals surface area contributed by atoms with Crippen LogP contribution in [0.1, 0.15) is 12.5 Å². The quantitative estimate of drug-likeness (QED) is 0.390. The second-order valence-electron chi connectivity index (χ2n) is 6.54. The van der Waals surface area contributed by atoms with E-state index in [1.807, 2.05) is 25.1 Å². The second kappa shape index (κ2) is 8.48. The third kappa shape index (κ3) is 4.09. The minimum absolute atomic E-state index is 0.621. The van der Waals surface area contributed by atoms with Crippen molar-refractivity contribution in [1.29, 1.82) is 0 Å². The summed E-state index contributed by atoms with van der Waals surface area (Å²) in [5, 5.41) is 8.18. The summed E-state index contributed by atoms with van der Waals surface area (Å²) in [6.07, 6.45) is 6.57. The fraction of sp³-hybridized carbons (Fsp3) is 0.174. The van der Waals surface area contributed by atoms with Crippen LogP contribution >= 0.6 is 0 Å². The van der Waals surface area contributed by atoms with E-state index in [2.05, 4.69) is 63.2 Å². The maximum atomic E-state index is 5.85. The Labute approximate surface area is 164 Å². The number of nitrogens with one attached hydrogen (secondary N) is 3. The Bertz CT molecular complexity index is 1040. The monoisotopic (exact) mass is 372 g/mol. The van der Waals surface area contributed by atoms with Gasteiger partial charge in [0, 0.05) is 53.5 Å². The summed E-state index contributed by atoms with van der Waals surface area (Å²) in [5.74, 6) is 0.848. The average molecular weight is 372 g/mol. The van der Waals surface area contributed by atoms with Crippen LogP contribution in [0.5, 0.6) is 5.75 Å². The Morgan fingerprint density at radius 1 is 1.00 bits per heavy atom. The van der Waals surface area contributed by atoms with Crippen LogP contribution in [0.2, 0.25) is 0 Å². The van der Waals surface area contributed by atoms with Crippen molar-refractivity contribution < 1.29 is 4.74 Å². The summed E-state index contributed by atoms with van der Waals surface area (Å²) in [5.41, 5.74) is 5.48. The highest BCUT2D eigenvalue weighted by Gasteiger charge is 2.07. The highest BCUT2D eigenvalue weighted by molar-refractivity contribution is 5.83. The molecule has 28 heavy (non-hydrogen) atoms. The molecular weight excluding hydrogens is 348 g/mol. The zero-order chi connectivity index (χ0) is 19.2. The molecule has 0 fully saturated rings. The molecule has 142 valence electrons. The molecule has 0 saturated heterocycles. The van der Waals surface area contributed by atoms with Gasteiger partial charge in [0.15, 0.2) is 0 Å². The molecule has 0 aliphatic heterocycles. The molecule has 2 heterocycles. The van der Waals surface area contributed by atoms with Crippen molar-refractivity contribution in [3.63, 3.8) is 0 Å². The standard InChI is InChI=1S/C23H24N4O/c1-2-28-23-15-19(27-18-10-12-24-13-11-18)7-8-22(23)25-14-9-17-16-26-21-6-4-3-5-20(17)21/h3-8,10-13,15-16,25-26H,2,9,14H2,1H3,(H,24,27). The van der Waals surface area contributed by atoms with Crippen LogP contribution < -0.4 is 15.4 Å². The Balaban J connectivity index is 1.44. The predicted molar refractivity (Wildman–Crippen MR) is 116 cm³/mol. The van der Waals surface area contributed by atoms with Crippen LogP contribution in [0.3, 0.4) is 0 Å². The topological polar surface area (TPSA) is 62.0 Å². The lowest BCUT2D eigenvalue weighted by Crippen LogP contribution is -2.07. The molecule has 0 amide bonds. The lowest BCUT2D eigenvalue weighted by Gasteiger charge is -2.15. The fourth-order valence-corrected chi connectivity index (χ4v) is 3.29. The van der Waals surface area contributed by atoms with E-state index in [9.17, 15) is 0 Å². The van der Waals surface area contributed by atoms with E-state index in [1.165, 1.54) is 16.5 Å². The van der Waals surface area contributed by atoms with E-state index < -0.39 is 0 Å². The lowest BCUT2D eigenvalue weighted by atomic mass is 10.1. The van der Waals surface area contributed by atoms with E-state index in [0.29, 0.717) is 6.61 Å². The first-order valence-corrected chi connectivity index (χ1v) is 9.56. The Kier molecular flexibility index (Phi) is 5.43. The smallest absolute Gasteiger partial charge is 0.144 e. The number of anilines is 3. The number of ether oxygens (including phenoxy) is 1. The number of para-hydroxylation sites is 1. The molecule has 0 atom stereocenters. The van der Waals surface area contributed by atoms with E-state index in [0.717, 1.165) is 35.8 Å². The number of aromatic amines is 1. The van der Waals surface area contributed by atoms with Crippen LogP contribution in [0.4, 0.5) is 17.1 Å². The Morgan fingerprint density at radius 3 is 2.71 bits per heavy atom. The molecule has 0 unspecified atom stereocenters. The van der Waals surface area contributed by atoms with Gasteiger partial charge in [0.05, 0.1) is 12.3 Å². The third-order valence-electron chi connectivity index (χ3n) is 4.64. The molecule has 0 radical (unpaired) electrons. The highest BCUT2D eigenvalue weighted by atomic mass is 16.5. The van der Waals surface area contributed by atoms with Crippen molar-refractivity contribution in [3.8, 4) is 5.75 Å². The van der Waals surface area contributed by atoms with Gasteiger partial charge in [-0.05, 0) is 49.2 Å². The van der Waals surface area contributed by atoms with Crippen molar-refractivity contribution in [1.82, 2.24) is 9.97 Å². The number of pyridine rings is 1.